The van der Waals surface area contributed by atoms with Crippen LogP contribution in [0.5, 0.6) is 0 Å². The smallest absolute Gasteiger partial charge is 0.246 e. The molecule has 1 rings (SSSR count). The fourth-order valence-electron chi connectivity index (χ4n) is 2.22. The molecule has 0 aromatic carbocycles. The predicted molar refractivity (Wildman–Crippen MR) is 78.6 cm³/mol. The maximum atomic E-state index is 12.0. The third-order valence-corrected chi connectivity index (χ3v) is 3.44. The van der Waals surface area contributed by atoms with Crippen LogP contribution in [0.15, 0.2) is 12.2 Å². The molecular formula is C15H30N2O. The van der Waals surface area contributed by atoms with E-state index in [1.807, 2.05) is 25.1 Å². The van der Waals surface area contributed by atoms with Crippen molar-refractivity contribution in [3.05, 3.63) is 12.2 Å². The number of carbonyl (C=O) groups excluding carboxylic acids is 1. The van der Waals surface area contributed by atoms with Crippen molar-refractivity contribution in [2.75, 3.05) is 33.7 Å². The summed E-state index contributed by atoms with van der Waals surface area (Å²) in [5, 5.41) is 0. The van der Waals surface area contributed by atoms with Crippen LogP contribution < -0.4 is 0 Å². The summed E-state index contributed by atoms with van der Waals surface area (Å²) in [6, 6.07) is 0. The van der Waals surface area contributed by atoms with Crippen molar-refractivity contribution < 1.29 is 4.79 Å². The van der Waals surface area contributed by atoms with Crippen LogP contribution in [0.4, 0.5) is 0 Å². The van der Waals surface area contributed by atoms with Gasteiger partial charge in [0.15, 0.2) is 0 Å². The van der Waals surface area contributed by atoms with Crippen LogP contribution in [-0.4, -0.2) is 49.4 Å². The third kappa shape index (κ3) is 5.67. The van der Waals surface area contributed by atoms with Crippen LogP contribution in [0.3, 0.4) is 0 Å². The molecule has 3 heteroatoms. The highest BCUT2D eigenvalue weighted by Gasteiger charge is 2.24. The number of carbonyl (C=O) groups is 1. The zero-order valence-electron chi connectivity index (χ0n) is 11.6. The minimum absolute atomic E-state index is 0. The molecule has 0 spiro atoms. The van der Waals surface area contributed by atoms with E-state index in [0.717, 1.165) is 26.1 Å². The van der Waals surface area contributed by atoms with E-state index in [9.17, 15) is 4.79 Å². The molecular weight excluding hydrogens is 224 g/mol. The minimum atomic E-state index is 0. The molecule has 1 aliphatic rings. The van der Waals surface area contributed by atoms with E-state index in [-0.39, 0.29) is 13.3 Å². The zero-order valence-corrected chi connectivity index (χ0v) is 11.6. The van der Waals surface area contributed by atoms with Gasteiger partial charge in [-0.2, -0.15) is 0 Å². The molecule has 1 fully saturated rings. The van der Waals surface area contributed by atoms with Crippen LogP contribution in [0.1, 0.15) is 34.1 Å². The summed E-state index contributed by atoms with van der Waals surface area (Å²) < 4.78 is 0. The molecule has 0 aromatic heterocycles. The number of likely N-dealkylation sites (N-methyl/N-ethyl adjacent to an activating group) is 1. The van der Waals surface area contributed by atoms with Crippen molar-refractivity contribution in [1.29, 1.82) is 0 Å². The highest BCUT2D eigenvalue weighted by Crippen LogP contribution is 2.23. The van der Waals surface area contributed by atoms with Gasteiger partial charge in [-0.05, 0) is 38.8 Å². The molecule has 0 radical (unpaired) electrons. The quantitative estimate of drug-likeness (QED) is 0.720. The number of hydrogen-bond donors (Lipinski definition) is 0. The lowest BCUT2D eigenvalue weighted by Crippen LogP contribution is -2.40. The first kappa shape index (κ1) is 17.2. The molecule has 106 valence electrons. The van der Waals surface area contributed by atoms with Gasteiger partial charge in [-0.25, -0.2) is 0 Å². The van der Waals surface area contributed by atoms with Gasteiger partial charge in [-0.3, -0.25) is 4.79 Å². The second-order valence-electron chi connectivity index (χ2n) is 5.60. The fourth-order valence-corrected chi connectivity index (χ4v) is 2.22. The Balaban J connectivity index is 0.00000289. The van der Waals surface area contributed by atoms with Gasteiger partial charge in [0, 0.05) is 25.7 Å². The van der Waals surface area contributed by atoms with Gasteiger partial charge < -0.3 is 9.80 Å². The predicted octanol–water partition coefficient (Wildman–Crippen LogP) is 2.63. The molecule has 1 heterocycles. The monoisotopic (exact) mass is 254 g/mol. The standard InChI is InChI=1S/C14H26N2O.CH4/c1-12(2)13-7-5-10-16(11-13)14(17)8-6-9-15(3)4;/h6,8,12-13H,5,7,9-11H2,1-4H3;1H4/b8-6+;/t13-;/m0./s1. The van der Waals surface area contributed by atoms with Gasteiger partial charge in [0.05, 0.1) is 0 Å². The van der Waals surface area contributed by atoms with Crippen molar-refractivity contribution in [3.8, 4) is 0 Å². The Bertz CT molecular complexity index is 272. The van der Waals surface area contributed by atoms with Gasteiger partial charge >= 0.3 is 0 Å². The molecule has 0 bridgehead atoms. The number of rotatable bonds is 4. The Morgan fingerprint density at radius 1 is 1.44 bits per heavy atom. The Kier molecular flexibility index (Phi) is 7.92. The normalized spacial score (nSPS) is 20.6. The lowest BCUT2D eigenvalue weighted by molar-refractivity contribution is -0.128. The summed E-state index contributed by atoms with van der Waals surface area (Å²) in [4.78, 5) is 16.0. The summed E-state index contributed by atoms with van der Waals surface area (Å²) in [6.45, 7) is 7.19. The van der Waals surface area contributed by atoms with Gasteiger partial charge in [-0.1, -0.05) is 27.4 Å². The fraction of sp³-hybridized carbons (Fsp3) is 0.800. The molecule has 0 aliphatic carbocycles. The highest BCUT2D eigenvalue weighted by molar-refractivity contribution is 5.87. The van der Waals surface area contributed by atoms with Gasteiger partial charge in [-0.15, -0.1) is 0 Å². The van der Waals surface area contributed by atoms with E-state index in [1.165, 1.54) is 6.42 Å². The van der Waals surface area contributed by atoms with Gasteiger partial charge in [0.1, 0.15) is 0 Å². The second-order valence-corrected chi connectivity index (χ2v) is 5.60. The van der Waals surface area contributed by atoms with E-state index >= 15 is 0 Å². The van der Waals surface area contributed by atoms with Crippen molar-refractivity contribution in [2.24, 2.45) is 11.8 Å². The number of nitrogens with zero attached hydrogens (tertiary/aromatic N) is 2. The molecule has 1 aliphatic heterocycles. The molecule has 0 aromatic rings. The van der Waals surface area contributed by atoms with Crippen LogP contribution in [-0.2, 0) is 4.79 Å². The third-order valence-electron chi connectivity index (χ3n) is 3.44. The first-order chi connectivity index (χ1) is 8.00. The summed E-state index contributed by atoms with van der Waals surface area (Å²) in [5.74, 6) is 1.53. The molecule has 18 heavy (non-hydrogen) atoms. The van der Waals surface area contributed by atoms with Crippen LogP contribution in [0.25, 0.3) is 0 Å². The molecule has 0 unspecified atom stereocenters. The van der Waals surface area contributed by atoms with Gasteiger partial charge in [0.2, 0.25) is 5.91 Å². The molecule has 1 saturated heterocycles. The van der Waals surface area contributed by atoms with E-state index in [2.05, 4.69) is 18.7 Å². The summed E-state index contributed by atoms with van der Waals surface area (Å²) in [5.41, 5.74) is 0. The Hall–Kier alpha value is -0.830. The Labute approximate surface area is 113 Å². The van der Waals surface area contributed by atoms with Crippen molar-refractivity contribution in [3.63, 3.8) is 0 Å². The minimum Gasteiger partial charge on any atom is -0.339 e. The maximum absolute atomic E-state index is 12.0. The maximum Gasteiger partial charge on any atom is 0.246 e. The van der Waals surface area contributed by atoms with E-state index in [1.54, 1.807) is 6.08 Å². The zero-order chi connectivity index (χ0) is 12.8. The second kappa shape index (κ2) is 8.30. The molecule has 1 amide bonds. The summed E-state index contributed by atoms with van der Waals surface area (Å²) in [6.07, 6.45) is 6.09. The van der Waals surface area contributed by atoms with E-state index in [0.29, 0.717) is 11.8 Å². The van der Waals surface area contributed by atoms with E-state index in [4.69, 9.17) is 0 Å². The summed E-state index contributed by atoms with van der Waals surface area (Å²) in [7, 11) is 4.01. The average molecular weight is 254 g/mol. The van der Waals surface area contributed by atoms with Crippen molar-refractivity contribution in [1.82, 2.24) is 9.80 Å². The lowest BCUT2D eigenvalue weighted by Gasteiger charge is -2.34. The Morgan fingerprint density at radius 2 is 2.11 bits per heavy atom. The molecule has 1 atom stereocenters. The van der Waals surface area contributed by atoms with E-state index < -0.39 is 0 Å². The topological polar surface area (TPSA) is 23.6 Å². The molecule has 0 N–H and O–H groups in total. The molecule has 0 saturated carbocycles. The average Bonchev–Trinajstić information content (AvgIpc) is 2.28. The number of likely N-dealkylation sites (tertiary alicyclic amines) is 1. The Morgan fingerprint density at radius 3 is 2.67 bits per heavy atom. The number of piperidine rings is 1. The highest BCUT2D eigenvalue weighted by atomic mass is 16.2. The lowest BCUT2D eigenvalue weighted by atomic mass is 9.88. The summed E-state index contributed by atoms with van der Waals surface area (Å²) >= 11 is 0. The molecule has 3 nitrogen and oxygen atoms in total. The largest absolute Gasteiger partial charge is 0.339 e. The van der Waals surface area contributed by atoms with Crippen LogP contribution in [0.2, 0.25) is 0 Å². The van der Waals surface area contributed by atoms with Gasteiger partial charge in [0.25, 0.3) is 0 Å². The van der Waals surface area contributed by atoms with Crippen molar-refractivity contribution in [2.45, 2.75) is 34.1 Å². The van der Waals surface area contributed by atoms with Crippen LogP contribution >= 0.6 is 0 Å². The van der Waals surface area contributed by atoms with Crippen LogP contribution in [0, 0.1) is 11.8 Å². The number of hydrogen-bond acceptors (Lipinski definition) is 2. The first-order valence-electron chi connectivity index (χ1n) is 6.61. The SMILES string of the molecule is C.CC(C)[C@H]1CCCN(C(=O)/C=C/CN(C)C)C1. The van der Waals surface area contributed by atoms with Crippen molar-refractivity contribution >= 4 is 5.91 Å². The first-order valence-corrected chi connectivity index (χ1v) is 6.61. The number of amides is 1.